The van der Waals surface area contributed by atoms with E-state index in [2.05, 4.69) is 63.2 Å². The van der Waals surface area contributed by atoms with Gasteiger partial charge in [-0.1, -0.05) is 153 Å². The molecule has 0 aliphatic heterocycles. The highest BCUT2D eigenvalue weighted by atomic mass is 14.0. The predicted octanol–water partition coefficient (Wildman–Crippen LogP) is 10.0. The van der Waals surface area contributed by atoms with Gasteiger partial charge in [0.1, 0.15) is 0 Å². The van der Waals surface area contributed by atoms with E-state index in [1.54, 1.807) is 0 Å². The summed E-state index contributed by atoms with van der Waals surface area (Å²) in [6.07, 6.45) is 21.9. The number of rotatable bonds is 14. The van der Waals surface area contributed by atoms with Gasteiger partial charge in [-0.25, -0.2) is 0 Å². The van der Waals surface area contributed by atoms with Crippen LogP contribution in [0.5, 0.6) is 0 Å². The fourth-order valence-corrected chi connectivity index (χ4v) is 3.83. The molecular formula is C28H46. The lowest BCUT2D eigenvalue weighted by atomic mass is 10.0. The third kappa shape index (κ3) is 12.2. The van der Waals surface area contributed by atoms with Crippen LogP contribution in [0.1, 0.15) is 116 Å². The topological polar surface area (TPSA) is 0 Å². The van der Waals surface area contributed by atoms with Crippen LogP contribution in [0.3, 0.4) is 0 Å². The van der Waals surface area contributed by atoms with Crippen LogP contribution in [0.2, 0.25) is 0 Å². The Kier molecular flexibility index (Phi) is 15.7. The number of benzene rings is 2. The zero-order valence-corrected chi connectivity index (χ0v) is 19.1. The van der Waals surface area contributed by atoms with Crippen LogP contribution in [0.4, 0.5) is 0 Å². The first kappa shape index (κ1) is 24.7. The van der Waals surface area contributed by atoms with E-state index >= 15 is 0 Å². The van der Waals surface area contributed by atoms with E-state index in [0.717, 1.165) is 0 Å². The van der Waals surface area contributed by atoms with Gasteiger partial charge in [-0.05, 0) is 23.3 Å². The summed E-state index contributed by atoms with van der Waals surface area (Å²) in [4.78, 5) is 0. The molecule has 0 saturated carbocycles. The van der Waals surface area contributed by atoms with Crippen molar-refractivity contribution in [2.75, 3.05) is 0 Å². The smallest absolute Gasteiger partial charge is 0.0155 e. The number of aryl methyl sites for hydroxylation is 1. The quantitative estimate of drug-likeness (QED) is 0.285. The molecule has 0 heteroatoms. The van der Waals surface area contributed by atoms with Crippen molar-refractivity contribution in [3.63, 3.8) is 0 Å². The van der Waals surface area contributed by atoms with Gasteiger partial charge >= 0.3 is 0 Å². The molecule has 2 rings (SSSR count). The van der Waals surface area contributed by atoms with Gasteiger partial charge in [0.25, 0.3) is 0 Å². The first-order valence-electron chi connectivity index (χ1n) is 12.2. The molecular weight excluding hydrogens is 336 g/mol. The summed E-state index contributed by atoms with van der Waals surface area (Å²) >= 11 is 0. The molecule has 0 saturated heterocycles. The van der Waals surface area contributed by atoms with Gasteiger partial charge in [0.05, 0.1) is 0 Å². The summed E-state index contributed by atoms with van der Waals surface area (Å²) < 4.78 is 0. The first-order chi connectivity index (χ1) is 13.8. The summed E-state index contributed by atoms with van der Waals surface area (Å²) in [5.41, 5.74) is 1.35. The molecule has 2 aromatic carbocycles. The van der Waals surface area contributed by atoms with Crippen LogP contribution >= 0.6 is 0 Å². The number of hydrogen-bond donors (Lipinski definition) is 0. The van der Waals surface area contributed by atoms with E-state index in [9.17, 15) is 0 Å². The molecule has 0 fully saturated rings. The number of hydrogen-bond acceptors (Lipinski definition) is 0. The normalized spacial score (nSPS) is 10.7. The Morgan fingerprint density at radius 2 is 0.857 bits per heavy atom. The van der Waals surface area contributed by atoms with Crippen molar-refractivity contribution in [3.8, 4) is 0 Å². The van der Waals surface area contributed by atoms with Gasteiger partial charge in [0.2, 0.25) is 0 Å². The number of fused-ring (bicyclic) bond motifs is 1. The molecule has 0 heterocycles. The second kappa shape index (κ2) is 17.8. The maximum atomic E-state index is 2.29. The fraction of sp³-hybridized carbons (Fsp3) is 0.643. The van der Waals surface area contributed by atoms with Gasteiger partial charge in [-0.15, -0.1) is 0 Å². The molecule has 0 N–H and O–H groups in total. The standard InChI is InChI=1S/C17H36.C11H10/c1-3-5-7-9-11-13-15-17-16-14-12-10-8-6-4-2;1-9-5-4-7-10-6-2-3-8-11(9)10/h3-17H2,1-2H3;2-8H,1H3. The van der Waals surface area contributed by atoms with Crippen molar-refractivity contribution < 1.29 is 0 Å². The van der Waals surface area contributed by atoms with E-state index in [4.69, 9.17) is 0 Å². The lowest BCUT2D eigenvalue weighted by Crippen LogP contribution is -1.82. The molecule has 2 aromatic rings. The maximum Gasteiger partial charge on any atom is -0.0155 e. The monoisotopic (exact) mass is 382 g/mol. The molecule has 0 aliphatic rings. The Morgan fingerprint density at radius 1 is 0.464 bits per heavy atom. The molecule has 0 aromatic heterocycles. The van der Waals surface area contributed by atoms with Crippen molar-refractivity contribution >= 4 is 10.8 Å². The van der Waals surface area contributed by atoms with Gasteiger partial charge in [0, 0.05) is 0 Å². The average molecular weight is 383 g/mol. The third-order valence-electron chi connectivity index (χ3n) is 5.71. The van der Waals surface area contributed by atoms with Crippen LogP contribution in [0, 0.1) is 6.92 Å². The molecule has 0 spiro atoms. The highest BCUT2D eigenvalue weighted by molar-refractivity contribution is 5.85. The lowest BCUT2D eigenvalue weighted by Gasteiger charge is -2.02. The molecule has 28 heavy (non-hydrogen) atoms. The number of unbranched alkanes of at least 4 members (excludes halogenated alkanes) is 14. The Labute approximate surface area is 176 Å². The summed E-state index contributed by atoms with van der Waals surface area (Å²) in [6, 6.07) is 14.8. The van der Waals surface area contributed by atoms with Crippen LogP contribution in [-0.4, -0.2) is 0 Å². The van der Waals surface area contributed by atoms with Crippen molar-refractivity contribution in [3.05, 3.63) is 48.0 Å². The first-order valence-corrected chi connectivity index (χ1v) is 12.2. The lowest BCUT2D eigenvalue weighted by molar-refractivity contribution is 0.534. The third-order valence-corrected chi connectivity index (χ3v) is 5.71. The molecule has 0 bridgehead atoms. The summed E-state index contributed by atoms with van der Waals surface area (Å²) in [5.74, 6) is 0. The summed E-state index contributed by atoms with van der Waals surface area (Å²) in [7, 11) is 0. The highest BCUT2D eigenvalue weighted by Gasteiger charge is 1.94. The second-order valence-electron chi connectivity index (χ2n) is 8.39. The Morgan fingerprint density at radius 3 is 1.29 bits per heavy atom. The van der Waals surface area contributed by atoms with Crippen molar-refractivity contribution in [1.29, 1.82) is 0 Å². The maximum absolute atomic E-state index is 2.29. The van der Waals surface area contributed by atoms with Gasteiger partial charge in [-0.3, -0.25) is 0 Å². The molecule has 0 unspecified atom stereocenters. The van der Waals surface area contributed by atoms with E-state index < -0.39 is 0 Å². The zero-order chi connectivity index (χ0) is 20.3. The second-order valence-corrected chi connectivity index (χ2v) is 8.39. The summed E-state index contributed by atoms with van der Waals surface area (Å²) in [6.45, 7) is 6.73. The van der Waals surface area contributed by atoms with Crippen molar-refractivity contribution in [1.82, 2.24) is 0 Å². The average Bonchev–Trinajstić information content (AvgIpc) is 2.72. The molecule has 0 amide bonds. The van der Waals surface area contributed by atoms with Gasteiger partial charge in [0.15, 0.2) is 0 Å². The van der Waals surface area contributed by atoms with E-state index in [1.807, 2.05) is 0 Å². The van der Waals surface area contributed by atoms with Crippen molar-refractivity contribution in [2.45, 2.75) is 117 Å². The Balaban J connectivity index is 0.000000302. The minimum Gasteiger partial charge on any atom is -0.0654 e. The molecule has 0 atom stereocenters. The predicted molar refractivity (Wildman–Crippen MR) is 129 cm³/mol. The fourth-order valence-electron chi connectivity index (χ4n) is 3.83. The van der Waals surface area contributed by atoms with Crippen LogP contribution < -0.4 is 0 Å². The van der Waals surface area contributed by atoms with Crippen LogP contribution in [0.15, 0.2) is 42.5 Å². The SMILES string of the molecule is CCCCCCCCCCCCCCCCC.Cc1cccc2ccccc12. The van der Waals surface area contributed by atoms with E-state index in [-0.39, 0.29) is 0 Å². The molecule has 0 nitrogen and oxygen atoms in total. The van der Waals surface area contributed by atoms with Crippen molar-refractivity contribution in [2.24, 2.45) is 0 Å². The molecule has 0 radical (unpaired) electrons. The summed E-state index contributed by atoms with van der Waals surface area (Å²) in [5, 5.41) is 2.68. The Bertz CT molecular complexity index is 564. The highest BCUT2D eigenvalue weighted by Crippen LogP contribution is 2.16. The Hall–Kier alpha value is -1.30. The van der Waals surface area contributed by atoms with Crippen LogP contribution in [-0.2, 0) is 0 Å². The zero-order valence-electron chi connectivity index (χ0n) is 19.1. The molecule has 0 aliphatic carbocycles. The van der Waals surface area contributed by atoms with Gasteiger partial charge < -0.3 is 0 Å². The van der Waals surface area contributed by atoms with E-state index in [1.165, 1.54) is 113 Å². The molecule has 158 valence electrons. The van der Waals surface area contributed by atoms with Crippen LogP contribution in [0.25, 0.3) is 10.8 Å². The van der Waals surface area contributed by atoms with Gasteiger partial charge in [-0.2, -0.15) is 0 Å². The largest absolute Gasteiger partial charge is 0.0654 e. The van der Waals surface area contributed by atoms with E-state index in [0.29, 0.717) is 0 Å². The minimum absolute atomic E-state index is 1.33. The minimum atomic E-state index is 1.33.